The lowest BCUT2D eigenvalue weighted by atomic mass is 9.87. The third kappa shape index (κ3) is 5.27. The third-order valence-corrected chi connectivity index (χ3v) is 7.01. The summed E-state index contributed by atoms with van der Waals surface area (Å²) in [7, 11) is 0. The van der Waals surface area contributed by atoms with Crippen LogP contribution in [0.3, 0.4) is 0 Å². The van der Waals surface area contributed by atoms with E-state index in [2.05, 4.69) is 36.5 Å². The number of halogens is 1. The summed E-state index contributed by atoms with van der Waals surface area (Å²) in [6, 6.07) is 20.1. The van der Waals surface area contributed by atoms with Crippen molar-refractivity contribution in [3.05, 3.63) is 100 Å². The van der Waals surface area contributed by atoms with Crippen molar-refractivity contribution in [1.29, 1.82) is 0 Å². The summed E-state index contributed by atoms with van der Waals surface area (Å²) in [5.41, 5.74) is 5.31. The molecule has 36 heavy (non-hydrogen) atoms. The number of amides is 2. The van der Waals surface area contributed by atoms with Gasteiger partial charge in [0.1, 0.15) is 11.6 Å². The molecule has 2 atom stereocenters. The van der Waals surface area contributed by atoms with Crippen LogP contribution in [0.2, 0.25) is 0 Å². The minimum Gasteiger partial charge on any atom is -0.481 e. The van der Waals surface area contributed by atoms with Gasteiger partial charge in [-0.1, -0.05) is 48.0 Å². The Balaban J connectivity index is 1.35. The molecule has 0 bridgehead atoms. The molecule has 0 radical (unpaired) electrons. The molecule has 0 spiro atoms. The number of fused-ring (bicyclic) bond motifs is 1. The van der Waals surface area contributed by atoms with Crippen LogP contribution in [-0.2, 0) is 22.6 Å². The van der Waals surface area contributed by atoms with Gasteiger partial charge >= 0.3 is 0 Å². The fourth-order valence-electron chi connectivity index (χ4n) is 4.77. The first-order chi connectivity index (χ1) is 17.4. The SMILES string of the molecule is Cc1ccc([C@@H]2c3cc(O[C@H](C)C(=O)NCc4ccc(F)cc4)ccc3CCN2C(=O)C2CC2)cc1. The summed E-state index contributed by atoms with van der Waals surface area (Å²) in [4.78, 5) is 27.9. The van der Waals surface area contributed by atoms with E-state index in [0.29, 0.717) is 18.8 Å². The van der Waals surface area contributed by atoms with Crippen molar-refractivity contribution in [2.45, 2.75) is 51.8 Å². The van der Waals surface area contributed by atoms with Gasteiger partial charge in [0.25, 0.3) is 5.91 Å². The lowest BCUT2D eigenvalue weighted by Crippen LogP contribution is -2.41. The molecule has 5 rings (SSSR count). The number of benzene rings is 3. The smallest absolute Gasteiger partial charge is 0.261 e. The van der Waals surface area contributed by atoms with Crippen LogP contribution in [0.25, 0.3) is 0 Å². The number of ether oxygens (including phenoxy) is 1. The lowest BCUT2D eigenvalue weighted by molar-refractivity contribution is -0.134. The molecule has 0 saturated heterocycles. The van der Waals surface area contributed by atoms with E-state index in [1.165, 1.54) is 23.3 Å². The molecule has 3 aromatic carbocycles. The van der Waals surface area contributed by atoms with Gasteiger partial charge in [0.2, 0.25) is 5.91 Å². The second kappa shape index (κ2) is 10.1. The molecule has 5 nitrogen and oxygen atoms in total. The van der Waals surface area contributed by atoms with Crippen molar-refractivity contribution in [3.63, 3.8) is 0 Å². The van der Waals surface area contributed by atoms with Crippen LogP contribution in [0, 0.1) is 18.7 Å². The highest BCUT2D eigenvalue weighted by Crippen LogP contribution is 2.41. The Morgan fingerprint density at radius 3 is 2.47 bits per heavy atom. The first-order valence-electron chi connectivity index (χ1n) is 12.6. The van der Waals surface area contributed by atoms with Crippen molar-refractivity contribution in [2.24, 2.45) is 5.92 Å². The van der Waals surface area contributed by atoms with E-state index in [4.69, 9.17) is 4.74 Å². The standard InChI is InChI=1S/C30H31FN2O3/c1-19-3-7-23(8-4-19)28-27-17-26(14-11-22(27)15-16-33(28)30(35)24-9-10-24)36-20(2)29(34)32-18-21-5-12-25(31)13-6-21/h3-8,11-14,17,20,24,28H,9-10,15-16,18H2,1-2H3,(H,32,34)/t20-,28-/m1/s1. The zero-order chi connectivity index (χ0) is 25.2. The van der Waals surface area contributed by atoms with Crippen molar-refractivity contribution < 1.29 is 18.7 Å². The summed E-state index contributed by atoms with van der Waals surface area (Å²) in [6.07, 6.45) is 2.02. The molecule has 1 fully saturated rings. The van der Waals surface area contributed by atoms with Crippen LogP contribution < -0.4 is 10.1 Å². The molecule has 1 aliphatic heterocycles. The van der Waals surface area contributed by atoms with Crippen molar-refractivity contribution in [2.75, 3.05) is 6.54 Å². The van der Waals surface area contributed by atoms with E-state index in [-0.39, 0.29) is 29.6 Å². The van der Waals surface area contributed by atoms with Crippen LogP contribution in [0.15, 0.2) is 66.7 Å². The molecule has 1 aliphatic carbocycles. The molecule has 0 unspecified atom stereocenters. The number of aryl methyl sites for hydroxylation is 1. The Bertz CT molecular complexity index is 1250. The van der Waals surface area contributed by atoms with E-state index in [9.17, 15) is 14.0 Å². The molecule has 1 saturated carbocycles. The minimum atomic E-state index is -0.714. The van der Waals surface area contributed by atoms with Crippen LogP contribution in [0.4, 0.5) is 4.39 Å². The monoisotopic (exact) mass is 486 g/mol. The number of nitrogens with one attached hydrogen (secondary N) is 1. The largest absolute Gasteiger partial charge is 0.481 e. The van der Waals surface area contributed by atoms with E-state index in [0.717, 1.165) is 36.0 Å². The Kier molecular flexibility index (Phi) is 6.77. The fraction of sp³-hybridized carbons (Fsp3) is 0.333. The molecule has 6 heteroatoms. The summed E-state index contributed by atoms with van der Waals surface area (Å²) in [6.45, 7) is 4.76. The van der Waals surface area contributed by atoms with Crippen LogP contribution in [0.5, 0.6) is 5.75 Å². The van der Waals surface area contributed by atoms with Gasteiger partial charge in [0.15, 0.2) is 6.10 Å². The second-order valence-corrected chi connectivity index (χ2v) is 9.83. The zero-order valence-corrected chi connectivity index (χ0v) is 20.7. The van der Waals surface area contributed by atoms with E-state index in [1.807, 2.05) is 23.1 Å². The molecular weight excluding hydrogens is 455 g/mol. The molecule has 0 aromatic heterocycles. The maximum absolute atomic E-state index is 13.2. The predicted molar refractivity (Wildman–Crippen MR) is 136 cm³/mol. The van der Waals surface area contributed by atoms with Gasteiger partial charge in [0, 0.05) is 19.0 Å². The number of carbonyl (C=O) groups is 2. The van der Waals surface area contributed by atoms with Gasteiger partial charge in [-0.3, -0.25) is 9.59 Å². The number of carbonyl (C=O) groups excluding carboxylic acids is 2. The average molecular weight is 487 g/mol. The maximum atomic E-state index is 13.2. The van der Waals surface area contributed by atoms with Crippen LogP contribution >= 0.6 is 0 Å². The summed E-state index contributed by atoms with van der Waals surface area (Å²) in [5.74, 6) is 0.402. The Morgan fingerprint density at radius 1 is 1.06 bits per heavy atom. The highest BCUT2D eigenvalue weighted by molar-refractivity contribution is 5.82. The van der Waals surface area contributed by atoms with Gasteiger partial charge < -0.3 is 15.0 Å². The van der Waals surface area contributed by atoms with Crippen molar-refractivity contribution in [1.82, 2.24) is 10.2 Å². The highest BCUT2D eigenvalue weighted by Gasteiger charge is 2.39. The van der Waals surface area contributed by atoms with Crippen molar-refractivity contribution >= 4 is 11.8 Å². The molecule has 3 aromatic rings. The van der Waals surface area contributed by atoms with E-state index >= 15 is 0 Å². The van der Waals surface area contributed by atoms with Gasteiger partial charge in [0.05, 0.1) is 6.04 Å². The molecular formula is C30H31FN2O3. The normalized spacial score (nSPS) is 17.8. The molecule has 1 heterocycles. The van der Waals surface area contributed by atoms with Gasteiger partial charge in [-0.25, -0.2) is 4.39 Å². The maximum Gasteiger partial charge on any atom is 0.261 e. The van der Waals surface area contributed by atoms with Crippen molar-refractivity contribution in [3.8, 4) is 5.75 Å². The summed E-state index contributed by atoms with van der Waals surface area (Å²) in [5, 5.41) is 2.84. The quantitative estimate of drug-likeness (QED) is 0.505. The van der Waals surface area contributed by atoms with Gasteiger partial charge in [-0.05, 0) is 79.6 Å². The molecule has 2 amide bonds. The van der Waals surface area contributed by atoms with Crippen LogP contribution in [0.1, 0.15) is 53.6 Å². The number of hydrogen-bond donors (Lipinski definition) is 1. The lowest BCUT2D eigenvalue weighted by Gasteiger charge is -2.38. The van der Waals surface area contributed by atoms with E-state index < -0.39 is 6.10 Å². The van der Waals surface area contributed by atoms with E-state index in [1.54, 1.807) is 19.1 Å². The number of hydrogen-bond acceptors (Lipinski definition) is 3. The molecule has 1 N–H and O–H groups in total. The highest BCUT2D eigenvalue weighted by atomic mass is 19.1. The predicted octanol–water partition coefficient (Wildman–Crippen LogP) is 5.10. The molecule has 2 aliphatic rings. The first kappa shape index (κ1) is 24.0. The van der Waals surface area contributed by atoms with Crippen LogP contribution in [-0.4, -0.2) is 29.4 Å². The summed E-state index contributed by atoms with van der Waals surface area (Å²) < 4.78 is 19.1. The average Bonchev–Trinajstić information content (AvgIpc) is 3.73. The second-order valence-electron chi connectivity index (χ2n) is 9.83. The number of rotatable bonds is 7. The van der Waals surface area contributed by atoms with Gasteiger partial charge in [-0.2, -0.15) is 0 Å². The third-order valence-electron chi connectivity index (χ3n) is 7.01. The first-order valence-corrected chi connectivity index (χ1v) is 12.6. The summed E-state index contributed by atoms with van der Waals surface area (Å²) >= 11 is 0. The molecule has 186 valence electrons. The fourth-order valence-corrected chi connectivity index (χ4v) is 4.77. The Hall–Kier alpha value is -3.67. The Labute approximate surface area is 211 Å². The topological polar surface area (TPSA) is 58.6 Å². The Morgan fingerprint density at radius 2 is 1.78 bits per heavy atom. The number of nitrogens with zero attached hydrogens (tertiary/aromatic N) is 1. The minimum absolute atomic E-state index is 0.142. The van der Waals surface area contributed by atoms with Gasteiger partial charge in [-0.15, -0.1) is 0 Å². The zero-order valence-electron chi connectivity index (χ0n) is 20.7.